The molecule has 4 rings (SSSR count). The molecule has 0 aromatic carbocycles. The zero-order chi connectivity index (χ0) is 17.3. The molecular weight excluding hydrogens is 300 g/mol. The molecule has 6 atom stereocenters. The summed E-state index contributed by atoms with van der Waals surface area (Å²) in [6.45, 7) is 6.26. The van der Waals surface area contributed by atoms with E-state index in [0.717, 1.165) is 44.9 Å². The van der Waals surface area contributed by atoms with Crippen molar-refractivity contribution in [2.75, 3.05) is 0 Å². The summed E-state index contributed by atoms with van der Waals surface area (Å²) in [7, 11) is 0. The number of hydrogen-bond donors (Lipinski definition) is 1. The first-order valence-electron chi connectivity index (χ1n) is 9.68. The quantitative estimate of drug-likeness (QED) is 0.795. The molecule has 0 bridgehead atoms. The zero-order valence-electron chi connectivity index (χ0n) is 15.2. The molecule has 24 heavy (non-hydrogen) atoms. The maximum absolute atomic E-state index is 12.2. The van der Waals surface area contributed by atoms with Crippen molar-refractivity contribution >= 4 is 11.6 Å². The van der Waals surface area contributed by atoms with E-state index < -0.39 is 5.60 Å². The Morgan fingerprint density at radius 2 is 1.83 bits per heavy atom. The minimum Gasteiger partial charge on any atom is -0.389 e. The van der Waals surface area contributed by atoms with Crippen molar-refractivity contribution in [3.8, 4) is 0 Å². The van der Waals surface area contributed by atoms with Crippen LogP contribution in [0, 0.1) is 28.6 Å². The molecule has 3 fully saturated rings. The number of fused-ring (bicyclic) bond motifs is 5. The number of allylic oxidation sites excluding steroid dienone is 1. The first-order chi connectivity index (χ1) is 11.2. The van der Waals surface area contributed by atoms with E-state index in [1.807, 2.05) is 6.08 Å². The van der Waals surface area contributed by atoms with Gasteiger partial charge in [0.25, 0.3) is 0 Å². The first kappa shape index (κ1) is 16.5. The van der Waals surface area contributed by atoms with E-state index in [-0.39, 0.29) is 34.4 Å². The van der Waals surface area contributed by atoms with Gasteiger partial charge in [-0.1, -0.05) is 19.4 Å². The average molecular weight is 330 g/mol. The second kappa shape index (κ2) is 5.03. The monoisotopic (exact) mass is 330 g/mol. The van der Waals surface area contributed by atoms with E-state index >= 15 is 0 Å². The molecule has 3 nitrogen and oxygen atoms in total. The molecular formula is C21H30O3. The Morgan fingerprint density at radius 3 is 2.54 bits per heavy atom. The summed E-state index contributed by atoms with van der Waals surface area (Å²) < 4.78 is 0. The molecule has 0 amide bonds. The van der Waals surface area contributed by atoms with Crippen LogP contribution in [-0.4, -0.2) is 22.3 Å². The molecule has 0 unspecified atom stereocenters. The largest absolute Gasteiger partial charge is 0.389 e. The Morgan fingerprint density at radius 1 is 1.08 bits per heavy atom. The number of carbonyl (C=O) groups is 2. The van der Waals surface area contributed by atoms with E-state index in [0.29, 0.717) is 12.2 Å². The lowest BCUT2D eigenvalue weighted by Gasteiger charge is -2.62. The molecule has 4 aliphatic carbocycles. The highest BCUT2D eigenvalue weighted by atomic mass is 16.3. The molecule has 0 aromatic rings. The Hall–Kier alpha value is -0.960. The van der Waals surface area contributed by atoms with Crippen LogP contribution in [0.2, 0.25) is 0 Å². The maximum atomic E-state index is 12.2. The summed E-state index contributed by atoms with van der Waals surface area (Å²) >= 11 is 0. The summed E-state index contributed by atoms with van der Waals surface area (Å²) in [5, 5.41) is 11.9. The Bertz CT molecular complexity index is 635. The molecule has 0 aromatic heterocycles. The molecule has 0 radical (unpaired) electrons. The highest BCUT2D eigenvalue weighted by Crippen LogP contribution is 2.68. The third-order valence-electron chi connectivity index (χ3n) is 8.53. The van der Waals surface area contributed by atoms with Crippen molar-refractivity contribution in [1.82, 2.24) is 0 Å². The van der Waals surface area contributed by atoms with Crippen molar-refractivity contribution in [2.45, 2.75) is 77.7 Å². The van der Waals surface area contributed by atoms with E-state index in [1.165, 1.54) is 5.57 Å². The van der Waals surface area contributed by atoms with Gasteiger partial charge in [-0.3, -0.25) is 9.59 Å². The van der Waals surface area contributed by atoms with Crippen molar-refractivity contribution < 1.29 is 14.7 Å². The maximum Gasteiger partial charge on any atom is 0.155 e. The third kappa shape index (κ3) is 1.94. The SMILES string of the molecule is CC(=O)[C@H]1CC[C@@H]2[C@]1(C)CC[C@H]1[C@@]2(O)CCC2=CC(=O)CC[C@@]21C. The van der Waals surface area contributed by atoms with Gasteiger partial charge in [0.2, 0.25) is 0 Å². The predicted molar refractivity (Wildman–Crippen MR) is 92.3 cm³/mol. The lowest BCUT2D eigenvalue weighted by molar-refractivity contribution is -0.188. The standard InChI is InChI=1S/C21H30O3/c1-13(22)16-4-5-17-20(16,3)10-8-18-19(2)9-7-15(23)12-14(19)6-11-21(17,18)24/h12,16-18,24H,4-11H2,1-3H3/t16-,17-,18-,19+,20-,21-/m1/s1. The summed E-state index contributed by atoms with van der Waals surface area (Å²) in [5.74, 6) is 1.14. The molecule has 0 saturated heterocycles. The fourth-order valence-corrected chi connectivity index (χ4v) is 7.30. The normalized spacial score (nSPS) is 50.6. The van der Waals surface area contributed by atoms with Crippen LogP contribution < -0.4 is 0 Å². The van der Waals surface area contributed by atoms with Gasteiger partial charge < -0.3 is 5.11 Å². The Balaban J connectivity index is 1.74. The number of Topliss-reactive ketones (excluding diaryl/α,β-unsaturated/α-hetero) is 1. The van der Waals surface area contributed by atoms with Crippen LogP contribution in [0.3, 0.4) is 0 Å². The molecule has 132 valence electrons. The smallest absolute Gasteiger partial charge is 0.155 e. The van der Waals surface area contributed by atoms with Crippen LogP contribution in [0.25, 0.3) is 0 Å². The minimum atomic E-state index is -0.663. The minimum absolute atomic E-state index is 0.0312. The van der Waals surface area contributed by atoms with Crippen LogP contribution in [0.15, 0.2) is 11.6 Å². The average Bonchev–Trinajstić information content (AvgIpc) is 2.87. The second-order valence-electron chi connectivity index (χ2n) is 9.43. The van der Waals surface area contributed by atoms with E-state index in [1.54, 1.807) is 6.92 Å². The van der Waals surface area contributed by atoms with Crippen molar-refractivity contribution in [1.29, 1.82) is 0 Å². The summed E-state index contributed by atoms with van der Waals surface area (Å²) in [5.41, 5.74) is 0.539. The topological polar surface area (TPSA) is 54.4 Å². The molecule has 3 heteroatoms. The summed E-state index contributed by atoms with van der Waals surface area (Å²) in [6.07, 6.45) is 8.90. The van der Waals surface area contributed by atoms with Gasteiger partial charge in [-0.25, -0.2) is 0 Å². The van der Waals surface area contributed by atoms with Gasteiger partial charge in [0.1, 0.15) is 5.78 Å². The molecule has 1 N–H and O–H groups in total. The van der Waals surface area contributed by atoms with Gasteiger partial charge in [0.05, 0.1) is 5.60 Å². The fourth-order valence-electron chi connectivity index (χ4n) is 7.30. The number of carbonyl (C=O) groups excluding carboxylic acids is 2. The predicted octanol–water partition coefficient (Wildman–Crippen LogP) is 3.84. The highest BCUT2D eigenvalue weighted by molar-refractivity contribution is 5.91. The number of ketones is 2. The Kier molecular flexibility index (Phi) is 3.46. The van der Waals surface area contributed by atoms with Gasteiger partial charge in [-0.05, 0) is 80.6 Å². The number of rotatable bonds is 1. The van der Waals surface area contributed by atoms with Crippen LogP contribution in [0.5, 0.6) is 0 Å². The van der Waals surface area contributed by atoms with Gasteiger partial charge in [0, 0.05) is 12.3 Å². The van der Waals surface area contributed by atoms with Gasteiger partial charge >= 0.3 is 0 Å². The Labute approximate surface area is 144 Å². The lowest BCUT2D eigenvalue weighted by Crippen LogP contribution is -2.62. The van der Waals surface area contributed by atoms with Crippen molar-refractivity contribution in [2.24, 2.45) is 28.6 Å². The van der Waals surface area contributed by atoms with Crippen molar-refractivity contribution in [3.05, 3.63) is 11.6 Å². The van der Waals surface area contributed by atoms with Crippen LogP contribution in [0.1, 0.15) is 72.1 Å². The number of hydrogen-bond acceptors (Lipinski definition) is 3. The van der Waals surface area contributed by atoms with Crippen LogP contribution in [0.4, 0.5) is 0 Å². The molecule has 4 aliphatic rings. The van der Waals surface area contributed by atoms with Gasteiger partial charge in [-0.2, -0.15) is 0 Å². The van der Waals surface area contributed by atoms with Gasteiger partial charge in [0.15, 0.2) is 5.78 Å². The summed E-state index contributed by atoms with van der Waals surface area (Å²) in [4.78, 5) is 24.0. The fraction of sp³-hybridized carbons (Fsp3) is 0.810. The third-order valence-corrected chi connectivity index (χ3v) is 8.53. The summed E-state index contributed by atoms with van der Waals surface area (Å²) in [6, 6.07) is 0. The van der Waals surface area contributed by atoms with E-state index in [2.05, 4.69) is 13.8 Å². The number of aliphatic hydroxyl groups is 1. The van der Waals surface area contributed by atoms with E-state index in [9.17, 15) is 14.7 Å². The van der Waals surface area contributed by atoms with Crippen LogP contribution >= 0.6 is 0 Å². The molecule has 0 aliphatic heterocycles. The van der Waals surface area contributed by atoms with Gasteiger partial charge in [-0.15, -0.1) is 0 Å². The molecule has 0 spiro atoms. The molecule has 3 saturated carbocycles. The lowest BCUT2D eigenvalue weighted by atomic mass is 9.44. The zero-order valence-corrected chi connectivity index (χ0v) is 15.2. The first-order valence-corrected chi connectivity index (χ1v) is 9.68. The second-order valence-corrected chi connectivity index (χ2v) is 9.43. The van der Waals surface area contributed by atoms with Crippen LogP contribution in [-0.2, 0) is 9.59 Å². The van der Waals surface area contributed by atoms with E-state index in [4.69, 9.17) is 0 Å². The highest BCUT2D eigenvalue weighted by Gasteiger charge is 2.66. The molecule has 0 heterocycles. The van der Waals surface area contributed by atoms with Crippen molar-refractivity contribution in [3.63, 3.8) is 0 Å².